The molecule has 10 nitrogen and oxygen atoms in total. The average Bonchev–Trinajstić information content (AvgIpc) is 3.49. The summed E-state index contributed by atoms with van der Waals surface area (Å²) >= 11 is 0. The Morgan fingerprint density at radius 2 is 1.79 bits per heavy atom. The molecule has 4 heterocycles. The molecule has 2 aliphatic rings. The Balaban J connectivity index is 1.29. The fourth-order valence-electron chi connectivity index (χ4n) is 4.92. The molecule has 0 saturated carbocycles. The number of halogens is 3. The van der Waals surface area contributed by atoms with Gasteiger partial charge in [-0.15, -0.1) is 0 Å². The first-order valence-corrected chi connectivity index (χ1v) is 12.3. The number of aliphatic hydroxyl groups excluding tert-OH is 1. The molecule has 0 radical (unpaired) electrons. The molecule has 2 amide bonds. The van der Waals surface area contributed by atoms with Crippen LogP contribution in [0.5, 0.6) is 0 Å². The number of hydrogen-bond acceptors (Lipinski definition) is 7. The zero-order valence-corrected chi connectivity index (χ0v) is 21.0. The van der Waals surface area contributed by atoms with Crippen LogP contribution in [0, 0.1) is 31.3 Å². The number of aromatic nitrogens is 4. The summed E-state index contributed by atoms with van der Waals surface area (Å²) in [5.74, 6) is -1.67. The van der Waals surface area contributed by atoms with Gasteiger partial charge >= 0.3 is 6.03 Å². The van der Waals surface area contributed by atoms with Crippen molar-refractivity contribution in [2.75, 3.05) is 37.7 Å². The molecule has 1 saturated heterocycles. The van der Waals surface area contributed by atoms with E-state index in [2.05, 4.69) is 20.2 Å². The number of hydrazone groups is 1. The predicted molar refractivity (Wildman–Crippen MR) is 133 cm³/mol. The number of carbonyl (C=O) groups is 1. The van der Waals surface area contributed by atoms with Crippen molar-refractivity contribution in [3.8, 4) is 11.3 Å². The Bertz CT molecular complexity index is 1370. The van der Waals surface area contributed by atoms with Crippen molar-refractivity contribution in [1.82, 2.24) is 29.7 Å². The fourth-order valence-corrected chi connectivity index (χ4v) is 4.92. The highest BCUT2D eigenvalue weighted by molar-refractivity contribution is 5.79. The average molecular weight is 529 g/mol. The van der Waals surface area contributed by atoms with Crippen LogP contribution in [0.25, 0.3) is 11.3 Å². The number of hydrogen-bond donors (Lipinski definition) is 1. The van der Waals surface area contributed by atoms with E-state index in [1.165, 1.54) is 17.1 Å². The third kappa shape index (κ3) is 4.80. The summed E-state index contributed by atoms with van der Waals surface area (Å²) in [5, 5.41) is 19.1. The molecule has 13 heteroatoms. The quantitative estimate of drug-likeness (QED) is 0.546. The van der Waals surface area contributed by atoms with Crippen molar-refractivity contribution in [2.45, 2.75) is 32.9 Å². The zero-order chi connectivity index (χ0) is 27.0. The zero-order valence-electron chi connectivity index (χ0n) is 21.0. The third-order valence-corrected chi connectivity index (χ3v) is 6.79. The maximum Gasteiger partial charge on any atom is 0.341 e. The molecule has 38 heavy (non-hydrogen) atoms. The van der Waals surface area contributed by atoms with Crippen LogP contribution in [0.4, 0.5) is 23.9 Å². The second-order valence-corrected chi connectivity index (χ2v) is 9.21. The van der Waals surface area contributed by atoms with Gasteiger partial charge in [-0.05, 0) is 31.5 Å². The Morgan fingerprint density at radius 1 is 1.08 bits per heavy atom. The summed E-state index contributed by atoms with van der Waals surface area (Å²) in [6, 6.07) is 2.25. The lowest BCUT2D eigenvalue weighted by Gasteiger charge is -2.37. The van der Waals surface area contributed by atoms with Crippen LogP contribution in [0.1, 0.15) is 29.4 Å². The first-order valence-electron chi connectivity index (χ1n) is 12.3. The monoisotopic (exact) mass is 528 g/mol. The van der Waals surface area contributed by atoms with E-state index in [4.69, 9.17) is 0 Å². The number of amides is 2. The molecule has 1 aromatic carbocycles. The Kier molecular flexibility index (Phi) is 7.02. The predicted octanol–water partition coefficient (Wildman–Crippen LogP) is 3.04. The van der Waals surface area contributed by atoms with E-state index < -0.39 is 23.5 Å². The van der Waals surface area contributed by atoms with Crippen LogP contribution >= 0.6 is 0 Å². The summed E-state index contributed by atoms with van der Waals surface area (Å²) in [4.78, 5) is 25.4. The first kappa shape index (κ1) is 25.6. The van der Waals surface area contributed by atoms with Gasteiger partial charge in [-0.1, -0.05) is 0 Å². The minimum atomic E-state index is -0.710. The number of anilines is 1. The fraction of sp³-hybridized carbons (Fsp3) is 0.400. The second kappa shape index (κ2) is 10.4. The van der Waals surface area contributed by atoms with Crippen molar-refractivity contribution < 1.29 is 23.1 Å². The van der Waals surface area contributed by atoms with Gasteiger partial charge in [0.2, 0.25) is 5.95 Å². The Hall–Kier alpha value is -4.00. The smallest absolute Gasteiger partial charge is 0.341 e. The number of carbonyl (C=O) groups excluding carboxylic acids is 1. The number of rotatable bonds is 5. The normalized spacial score (nSPS) is 17.5. The summed E-state index contributed by atoms with van der Waals surface area (Å²) in [5.41, 5.74) is 2.31. The van der Waals surface area contributed by atoms with E-state index in [1.54, 1.807) is 29.6 Å². The Labute approximate surface area is 217 Å². The van der Waals surface area contributed by atoms with Gasteiger partial charge in [0.25, 0.3) is 0 Å². The second-order valence-electron chi connectivity index (χ2n) is 9.21. The van der Waals surface area contributed by atoms with Gasteiger partial charge in [0.15, 0.2) is 5.82 Å². The van der Waals surface area contributed by atoms with Gasteiger partial charge in [0, 0.05) is 56.1 Å². The maximum absolute atomic E-state index is 14.8. The number of benzene rings is 1. The number of aryl methyl sites for hydroxylation is 1. The molecule has 2 aromatic heterocycles. The summed E-state index contributed by atoms with van der Waals surface area (Å²) in [6.45, 7) is 5.21. The molecule has 1 atom stereocenters. The molecule has 0 bridgehead atoms. The standard InChI is InChI=1S/C25H27F3N8O2/c1-15-22(16(2)35(32-15)9-10-37)23-20(28)14-29-24(31-23)33-5-7-34(8-6-33)25(38)36-21(3-4-30-36)17-11-18(26)13-19(27)12-17/h4,11-14,21,37H,3,5-10H2,1-2H3. The van der Waals surface area contributed by atoms with Crippen LogP contribution < -0.4 is 4.90 Å². The van der Waals surface area contributed by atoms with E-state index in [-0.39, 0.29) is 24.9 Å². The lowest BCUT2D eigenvalue weighted by Crippen LogP contribution is -2.52. The van der Waals surface area contributed by atoms with Crippen molar-refractivity contribution in [1.29, 1.82) is 0 Å². The van der Waals surface area contributed by atoms with Crippen molar-refractivity contribution in [3.05, 3.63) is 58.8 Å². The van der Waals surface area contributed by atoms with Crippen LogP contribution in [0.15, 0.2) is 29.5 Å². The largest absolute Gasteiger partial charge is 0.394 e. The van der Waals surface area contributed by atoms with Crippen molar-refractivity contribution in [3.63, 3.8) is 0 Å². The van der Waals surface area contributed by atoms with Crippen LogP contribution in [0.3, 0.4) is 0 Å². The summed E-state index contributed by atoms with van der Waals surface area (Å²) in [6.07, 6.45) is 3.04. The molecule has 5 rings (SSSR count). The third-order valence-electron chi connectivity index (χ3n) is 6.79. The van der Waals surface area contributed by atoms with Gasteiger partial charge in [-0.3, -0.25) is 4.68 Å². The van der Waals surface area contributed by atoms with Gasteiger partial charge in [0.1, 0.15) is 17.3 Å². The number of aliphatic hydroxyl groups is 1. The van der Waals surface area contributed by atoms with E-state index in [0.717, 1.165) is 12.3 Å². The molecular weight excluding hydrogens is 501 g/mol. The number of urea groups is 1. The van der Waals surface area contributed by atoms with E-state index >= 15 is 0 Å². The highest BCUT2D eigenvalue weighted by atomic mass is 19.1. The molecule has 0 aliphatic carbocycles. The molecule has 1 N–H and O–H groups in total. The van der Waals surface area contributed by atoms with Crippen LogP contribution in [0.2, 0.25) is 0 Å². The number of nitrogens with zero attached hydrogens (tertiary/aromatic N) is 8. The highest BCUT2D eigenvalue weighted by Crippen LogP contribution is 2.31. The topological polar surface area (TPSA) is 103 Å². The first-order chi connectivity index (χ1) is 18.3. The summed E-state index contributed by atoms with van der Waals surface area (Å²) < 4.78 is 43.9. The molecule has 1 fully saturated rings. The summed E-state index contributed by atoms with van der Waals surface area (Å²) in [7, 11) is 0. The van der Waals surface area contributed by atoms with E-state index in [9.17, 15) is 23.1 Å². The van der Waals surface area contributed by atoms with Gasteiger partial charge in [-0.25, -0.2) is 32.9 Å². The molecular formula is C25H27F3N8O2. The lowest BCUT2D eigenvalue weighted by atomic mass is 10.0. The molecule has 0 spiro atoms. The Morgan fingerprint density at radius 3 is 2.47 bits per heavy atom. The van der Waals surface area contributed by atoms with E-state index in [0.29, 0.717) is 61.1 Å². The van der Waals surface area contributed by atoms with Gasteiger partial charge in [0.05, 0.1) is 31.1 Å². The molecule has 1 unspecified atom stereocenters. The minimum Gasteiger partial charge on any atom is -0.394 e. The van der Waals surface area contributed by atoms with Crippen LogP contribution in [-0.2, 0) is 6.54 Å². The van der Waals surface area contributed by atoms with Crippen molar-refractivity contribution in [2.24, 2.45) is 5.10 Å². The number of piperazine rings is 1. The SMILES string of the molecule is Cc1nn(CCO)c(C)c1-c1nc(N2CCN(C(=O)N3N=CCC3c3cc(F)cc(F)c3)CC2)ncc1F. The molecule has 200 valence electrons. The lowest BCUT2D eigenvalue weighted by molar-refractivity contribution is 0.139. The molecule has 2 aliphatic heterocycles. The maximum atomic E-state index is 14.8. The van der Waals surface area contributed by atoms with Gasteiger partial charge < -0.3 is 14.9 Å². The molecule has 3 aromatic rings. The van der Waals surface area contributed by atoms with Crippen LogP contribution in [-0.4, -0.2) is 79.8 Å². The minimum absolute atomic E-state index is 0.0927. The van der Waals surface area contributed by atoms with Gasteiger partial charge in [-0.2, -0.15) is 10.2 Å². The highest BCUT2D eigenvalue weighted by Gasteiger charge is 2.34. The van der Waals surface area contributed by atoms with Crippen molar-refractivity contribution >= 4 is 18.2 Å². The van der Waals surface area contributed by atoms with E-state index in [1.807, 2.05) is 4.90 Å².